The molecular weight excluding hydrogens is 444 g/mol. The highest BCUT2D eigenvalue weighted by Crippen LogP contribution is 2.28. The van der Waals surface area contributed by atoms with Gasteiger partial charge in [-0.3, -0.25) is 9.36 Å². The summed E-state index contributed by atoms with van der Waals surface area (Å²) in [6, 6.07) is 17.2. The van der Waals surface area contributed by atoms with Crippen molar-refractivity contribution >= 4 is 35.0 Å². The lowest BCUT2D eigenvalue weighted by molar-refractivity contribution is -0.113. The Labute approximate surface area is 196 Å². The van der Waals surface area contributed by atoms with Gasteiger partial charge >= 0.3 is 0 Å². The zero-order valence-corrected chi connectivity index (χ0v) is 19.4. The first-order valence-electron chi connectivity index (χ1n) is 10.3. The average molecular weight is 467 g/mol. The number of aromatic nitrogens is 3. The lowest BCUT2D eigenvalue weighted by Crippen LogP contribution is -2.16. The molecule has 1 N–H and O–H groups in total. The van der Waals surface area contributed by atoms with Crippen LogP contribution in [-0.4, -0.2) is 26.4 Å². The van der Waals surface area contributed by atoms with Crippen molar-refractivity contribution in [3.05, 3.63) is 82.8 Å². The van der Waals surface area contributed by atoms with Gasteiger partial charge < -0.3 is 9.73 Å². The third-order valence-electron chi connectivity index (χ3n) is 5.03. The number of nitrogens with one attached hydrogen (secondary N) is 1. The molecule has 4 aromatic rings. The van der Waals surface area contributed by atoms with Gasteiger partial charge in [-0.15, -0.1) is 10.2 Å². The standard InChI is InChI=1S/C24H23ClN4O2S/c1-3-17-8-4-7-16(2)22(17)26-21(30)15-32-24-28-27-23(18-9-5-10-19(25)13-18)29(24)14-20-11-6-12-31-20/h4-13H,3,14-15H2,1-2H3,(H,26,30). The van der Waals surface area contributed by atoms with Gasteiger partial charge in [0.2, 0.25) is 5.91 Å². The molecule has 0 saturated carbocycles. The summed E-state index contributed by atoms with van der Waals surface area (Å²) < 4.78 is 7.47. The van der Waals surface area contributed by atoms with Crippen LogP contribution < -0.4 is 5.32 Å². The van der Waals surface area contributed by atoms with Crippen molar-refractivity contribution in [2.24, 2.45) is 0 Å². The summed E-state index contributed by atoms with van der Waals surface area (Å²) in [4.78, 5) is 12.7. The van der Waals surface area contributed by atoms with Crippen LogP contribution in [-0.2, 0) is 17.8 Å². The Morgan fingerprint density at radius 2 is 2.00 bits per heavy atom. The predicted octanol–water partition coefficient (Wildman–Crippen LogP) is 5.84. The largest absolute Gasteiger partial charge is 0.467 e. The third-order valence-corrected chi connectivity index (χ3v) is 6.23. The van der Waals surface area contributed by atoms with Gasteiger partial charge in [-0.25, -0.2) is 0 Å². The van der Waals surface area contributed by atoms with Crippen molar-refractivity contribution in [3.8, 4) is 11.4 Å². The molecule has 2 heterocycles. The normalized spacial score (nSPS) is 11.0. The molecule has 6 nitrogen and oxygen atoms in total. The van der Waals surface area contributed by atoms with Gasteiger partial charge in [0.25, 0.3) is 0 Å². The molecule has 0 aliphatic heterocycles. The second-order valence-electron chi connectivity index (χ2n) is 7.28. The fraction of sp³-hybridized carbons (Fsp3) is 0.208. The summed E-state index contributed by atoms with van der Waals surface area (Å²) in [7, 11) is 0. The van der Waals surface area contributed by atoms with E-state index in [9.17, 15) is 4.79 Å². The fourth-order valence-electron chi connectivity index (χ4n) is 3.45. The van der Waals surface area contributed by atoms with E-state index in [0.717, 1.165) is 34.6 Å². The van der Waals surface area contributed by atoms with Crippen LogP contribution in [0.3, 0.4) is 0 Å². The number of carbonyl (C=O) groups excluding carboxylic acids is 1. The Morgan fingerprint density at radius 1 is 1.16 bits per heavy atom. The molecule has 8 heteroatoms. The molecule has 0 atom stereocenters. The third kappa shape index (κ3) is 5.06. The summed E-state index contributed by atoms with van der Waals surface area (Å²) in [5.74, 6) is 1.56. The highest BCUT2D eigenvalue weighted by molar-refractivity contribution is 7.99. The van der Waals surface area contributed by atoms with E-state index >= 15 is 0 Å². The Hall–Kier alpha value is -3.03. The molecule has 164 valence electrons. The number of furan rings is 1. The van der Waals surface area contributed by atoms with Crippen LogP contribution in [0.15, 0.2) is 70.4 Å². The lowest BCUT2D eigenvalue weighted by atomic mass is 10.1. The Balaban J connectivity index is 1.55. The number of nitrogens with zero attached hydrogens (tertiary/aromatic N) is 3. The first-order valence-corrected chi connectivity index (χ1v) is 11.6. The Morgan fingerprint density at radius 3 is 2.75 bits per heavy atom. The molecule has 2 aromatic carbocycles. The number of halogens is 1. The maximum absolute atomic E-state index is 12.7. The molecule has 0 radical (unpaired) electrons. The number of benzene rings is 2. The van der Waals surface area contributed by atoms with E-state index in [1.54, 1.807) is 6.26 Å². The number of thioether (sulfide) groups is 1. The molecule has 0 saturated heterocycles. The van der Waals surface area contributed by atoms with Crippen LogP contribution in [0.2, 0.25) is 5.02 Å². The van der Waals surface area contributed by atoms with Gasteiger partial charge in [0, 0.05) is 16.3 Å². The number of rotatable bonds is 8. The predicted molar refractivity (Wildman–Crippen MR) is 128 cm³/mol. The second-order valence-corrected chi connectivity index (χ2v) is 8.66. The van der Waals surface area contributed by atoms with E-state index in [0.29, 0.717) is 22.5 Å². The van der Waals surface area contributed by atoms with Crippen molar-refractivity contribution in [3.63, 3.8) is 0 Å². The van der Waals surface area contributed by atoms with Gasteiger partial charge in [0.1, 0.15) is 5.76 Å². The maximum Gasteiger partial charge on any atom is 0.234 e. The molecule has 0 fully saturated rings. The number of amides is 1. The zero-order chi connectivity index (χ0) is 22.5. The summed E-state index contributed by atoms with van der Waals surface area (Å²) in [5, 5.41) is 13.0. The molecule has 4 rings (SSSR count). The number of anilines is 1. The van der Waals surface area contributed by atoms with Gasteiger partial charge in [-0.1, -0.05) is 60.6 Å². The Bertz CT molecular complexity index is 1220. The van der Waals surface area contributed by atoms with Crippen molar-refractivity contribution in [2.75, 3.05) is 11.1 Å². The number of hydrogen-bond acceptors (Lipinski definition) is 5. The minimum absolute atomic E-state index is 0.0872. The van der Waals surface area contributed by atoms with Crippen LogP contribution in [0.25, 0.3) is 11.4 Å². The minimum Gasteiger partial charge on any atom is -0.467 e. The molecule has 0 spiro atoms. The first kappa shape index (κ1) is 22.2. The molecular formula is C24H23ClN4O2S. The van der Waals surface area contributed by atoms with Gasteiger partial charge in [-0.05, 0) is 48.7 Å². The summed E-state index contributed by atoms with van der Waals surface area (Å²) in [6.45, 7) is 4.52. The number of para-hydroxylation sites is 1. The quantitative estimate of drug-likeness (QED) is 0.330. The van der Waals surface area contributed by atoms with Gasteiger partial charge in [-0.2, -0.15) is 0 Å². The minimum atomic E-state index is -0.0872. The van der Waals surface area contributed by atoms with E-state index in [4.69, 9.17) is 16.0 Å². The summed E-state index contributed by atoms with van der Waals surface area (Å²) >= 11 is 7.52. The average Bonchev–Trinajstić information content (AvgIpc) is 3.44. The molecule has 0 bridgehead atoms. The molecule has 0 aliphatic carbocycles. The number of hydrogen-bond donors (Lipinski definition) is 1. The molecule has 1 amide bonds. The monoisotopic (exact) mass is 466 g/mol. The summed E-state index contributed by atoms with van der Waals surface area (Å²) in [5.41, 5.74) is 3.90. The maximum atomic E-state index is 12.7. The van der Waals surface area contributed by atoms with Crippen molar-refractivity contribution in [1.82, 2.24) is 14.8 Å². The van der Waals surface area contributed by atoms with E-state index < -0.39 is 0 Å². The van der Waals surface area contributed by atoms with Crippen molar-refractivity contribution in [1.29, 1.82) is 0 Å². The van der Waals surface area contributed by atoms with Crippen LogP contribution in [0.4, 0.5) is 5.69 Å². The van der Waals surface area contributed by atoms with Gasteiger partial charge in [0.05, 0.1) is 18.6 Å². The van der Waals surface area contributed by atoms with Crippen molar-refractivity contribution < 1.29 is 9.21 Å². The first-order chi connectivity index (χ1) is 15.5. The Kier molecular flexibility index (Phi) is 6.97. The molecule has 0 unspecified atom stereocenters. The lowest BCUT2D eigenvalue weighted by Gasteiger charge is -2.13. The SMILES string of the molecule is CCc1cccc(C)c1NC(=O)CSc1nnc(-c2cccc(Cl)c2)n1Cc1ccco1. The van der Waals surface area contributed by atoms with E-state index in [1.807, 2.05) is 66.1 Å². The van der Waals surface area contributed by atoms with Crippen LogP contribution >= 0.6 is 23.4 Å². The molecule has 0 aliphatic rings. The van der Waals surface area contributed by atoms with Crippen LogP contribution in [0.1, 0.15) is 23.8 Å². The highest BCUT2D eigenvalue weighted by Gasteiger charge is 2.18. The van der Waals surface area contributed by atoms with E-state index in [1.165, 1.54) is 11.8 Å². The van der Waals surface area contributed by atoms with Crippen molar-refractivity contribution in [2.45, 2.75) is 32.0 Å². The molecule has 32 heavy (non-hydrogen) atoms. The molecule has 2 aromatic heterocycles. The topological polar surface area (TPSA) is 73.0 Å². The van der Waals surface area contributed by atoms with Gasteiger partial charge in [0.15, 0.2) is 11.0 Å². The number of carbonyl (C=O) groups is 1. The van der Waals surface area contributed by atoms with E-state index in [2.05, 4.69) is 22.4 Å². The van der Waals surface area contributed by atoms with Crippen LogP contribution in [0, 0.1) is 6.92 Å². The highest BCUT2D eigenvalue weighted by atomic mass is 35.5. The zero-order valence-electron chi connectivity index (χ0n) is 17.8. The fourth-order valence-corrected chi connectivity index (χ4v) is 4.37. The van der Waals surface area contributed by atoms with E-state index in [-0.39, 0.29) is 11.7 Å². The van der Waals surface area contributed by atoms with Crippen LogP contribution in [0.5, 0.6) is 0 Å². The summed E-state index contributed by atoms with van der Waals surface area (Å²) in [6.07, 6.45) is 2.48. The smallest absolute Gasteiger partial charge is 0.234 e. The number of aryl methyl sites for hydroxylation is 2. The second kappa shape index (κ2) is 10.1.